The maximum atomic E-state index is 6.43. The van der Waals surface area contributed by atoms with Gasteiger partial charge in [-0.25, -0.2) is 0 Å². The third kappa shape index (κ3) is 3.95. The lowest BCUT2D eigenvalue weighted by Crippen LogP contribution is -2.51. The molecule has 112 valence electrons. The fourth-order valence-corrected chi connectivity index (χ4v) is 4.19. The van der Waals surface area contributed by atoms with Gasteiger partial charge in [-0.1, -0.05) is 27.2 Å². The quantitative estimate of drug-likeness (QED) is 0.845. The second-order valence-corrected chi connectivity index (χ2v) is 7.29. The molecule has 1 heterocycles. The van der Waals surface area contributed by atoms with Crippen molar-refractivity contribution in [1.29, 1.82) is 0 Å². The average Bonchev–Trinajstić information content (AvgIpc) is 2.65. The molecule has 2 fully saturated rings. The van der Waals surface area contributed by atoms with Gasteiger partial charge in [0.05, 0.1) is 0 Å². The summed E-state index contributed by atoms with van der Waals surface area (Å²) >= 11 is 0. The number of likely N-dealkylation sites (tertiary alicyclic amines) is 1. The minimum absolute atomic E-state index is 0.429. The zero-order valence-corrected chi connectivity index (χ0v) is 13.3. The molecule has 2 rings (SSSR count). The van der Waals surface area contributed by atoms with E-state index in [-0.39, 0.29) is 0 Å². The molecule has 1 saturated carbocycles. The first-order valence-corrected chi connectivity index (χ1v) is 8.61. The van der Waals surface area contributed by atoms with Crippen molar-refractivity contribution in [3.05, 3.63) is 0 Å². The molecule has 1 saturated heterocycles. The maximum Gasteiger partial charge on any atom is 0.0249 e. The summed E-state index contributed by atoms with van der Waals surface area (Å²) in [5.74, 6) is 2.71. The van der Waals surface area contributed by atoms with Crippen molar-refractivity contribution in [3.63, 3.8) is 0 Å². The van der Waals surface area contributed by atoms with Gasteiger partial charge in [0.15, 0.2) is 0 Å². The van der Waals surface area contributed by atoms with Crippen molar-refractivity contribution in [2.24, 2.45) is 23.5 Å². The maximum absolute atomic E-state index is 6.43. The fraction of sp³-hybridized carbons (Fsp3) is 1.00. The first kappa shape index (κ1) is 15.3. The second kappa shape index (κ2) is 7.08. The average molecular weight is 266 g/mol. The van der Waals surface area contributed by atoms with Crippen LogP contribution in [-0.4, -0.2) is 30.1 Å². The van der Waals surface area contributed by atoms with Crippen LogP contribution < -0.4 is 5.73 Å². The van der Waals surface area contributed by atoms with Crippen LogP contribution in [0.2, 0.25) is 0 Å². The predicted octanol–water partition coefficient (Wildman–Crippen LogP) is 3.65. The highest BCUT2D eigenvalue weighted by molar-refractivity contribution is 4.90. The normalized spacial score (nSPS) is 38.4. The molecule has 2 aliphatic rings. The Hall–Kier alpha value is -0.0800. The van der Waals surface area contributed by atoms with Gasteiger partial charge in [-0.2, -0.15) is 0 Å². The Balaban J connectivity index is 1.92. The van der Waals surface area contributed by atoms with Crippen molar-refractivity contribution in [3.8, 4) is 0 Å². The van der Waals surface area contributed by atoms with Crippen LogP contribution in [0.1, 0.15) is 65.7 Å². The van der Waals surface area contributed by atoms with Crippen LogP contribution in [0.3, 0.4) is 0 Å². The van der Waals surface area contributed by atoms with E-state index in [9.17, 15) is 0 Å². The van der Waals surface area contributed by atoms with Gasteiger partial charge in [0, 0.05) is 12.1 Å². The topological polar surface area (TPSA) is 29.3 Å². The molecular formula is C17H34N2. The molecule has 1 aliphatic heterocycles. The molecule has 0 bridgehead atoms. The van der Waals surface area contributed by atoms with Crippen LogP contribution in [0, 0.1) is 17.8 Å². The summed E-state index contributed by atoms with van der Waals surface area (Å²) in [6.45, 7) is 9.70. The van der Waals surface area contributed by atoms with Crippen LogP contribution in [0.5, 0.6) is 0 Å². The number of nitrogens with two attached hydrogens (primary N) is 1. The van der Waals surface area contributed by atoms with Crippen LogP contribution in [0.15, 0.2) is 0 Å². The summed E-state index contributed by atoms with van der Waals surface area (Å²) in [4.78, 5) is 2.74. The third-order valence-electron chi connectivity index (χ3n) is 5.77. The van der Waals surface area contributed by atoms with Crippen LogP contribution in [0.4, 0.5) is 0 Å². The molecule has 0 aromatic heterocycles. The monoisotopic (exact) mass is 266 g/mol. The van der Waals surface area contributed by atoms with Gasteiger partial charge in [-0.3, -0.25) is 4.90 Å². The fourth-order valence-electron chi connectivity index (χ4n) is 4.19. The molecule has 0 amide bonds. The van der Waals surface area contributed by atoms with E-state index < -0.39 is 0 Å². The smallest absolute Gasteiger partial charge is 0.0249 e. The van der Waals surface area contributed by atoms with E-state index in [2.05, 4.69) is 25.7 Å². The Morgan fingerprint density at radius 2 is 1.89 bits per heavy atom. The van der Waals surface area contributed by atoms with E-state index in [4.69, 9.17) is 5.73 Å². The minimum Gasteiger partial charge on any atom is -0.326 e. The Labute approximate surface area is 120 Å². The van der Waals surface area contributed by atoms with E-state index >= 15 is 0 Å². The Morgan fingerprint density at radius 3 is 2.58 bits per heavy atom. The van der Waals surface area contributed by atoms with Crippen LogP contribution in [0.25, 0.3) is 0 Å². The summed E-state index contributed by atoms with van der Waals surface area (Å²) in [6, 6.07) is 1.10. The number of hydrogen-bond donors (Lipinski definition) is 1. The van der Waals surface area contributed by atoms with Crippen molar-refractivity contribution in [2.45, 2.75) is 77.8 Å². The van der Waals surface area contributed by atoms with Gasteiger partial charge in [0.1, 0.15) is 0 Å². The molecule has 2 N–H and O–H groups in total. The van der Waals surface area contributed by atoms with Crippen LogP contribution in [-0.2, 0) is 0 Å². The van der Waals surface area contributed by atoms with Crippen molar-refractivity contribution < 1.29 is 0 Å². The summed E-state index contributed by atoms with van der Waals surface area (Å²) < 4.78 is 0. The summed E-state index contributed by atoms with van der Waals surface area (Å²) in [6.07, 6.45) is 9.48. The molecule has 0 spiro atoms. The molecule has 1 aliphatic carbocycles. The molecule has 4 atom stereocenters. The summed E-state index contributed by atoms with van der Waals surface area (Å²) in [5.41, 5.74) is 6.43. The number of hydrogen-bond acceptors (Lipinski definition) is 2. The van der Waals surface area contributed by atoms with E-state index in [1.165, 1.54) is 58.0 Å². The standard InChI is InChI=1S/C17H34N2/c1-4-14-7-8-16(18)17(12-14)19-10-5-6-15(9-11-19)13(2)3/h13-17H,4-12,18H2,1-3H3. The molecule has 2 nitrogen and oxygen atoms in total. The summed E-state index contributed by atoms with van der Waals surface area (Å²) in [5, 5.41) is 0. The first-order valence-electron chi connectivity index (χ1n) is 8.61. The lowest BCUT2D eigenvalue weighted by molar-refractivity contribution is 0.111. The first-order chi connectivity index (χ1) is 9.11. The number of nitrogens with zero attached hydrogens (tertiary/aromatic N) is 1. The van der Waals surface area contributed by atoms with Gasteiger partial charge in [0.25, 0.3) is 0 Å². The summed E-state index contributed by atoms with van der Waals surface area (Å²) in [7, 11) is 0. The van der Waals surface area contributed by atoms with Crippen LogP contribution >= 0.6 is 0 Å². The van der Waals surface area contributed by atoms with Gasteiger partial charge in [0.2, 0.25) is 0 Å². The molecule has 0 aromatic carbocycles. The zero-order valence-electron chi connectivity index (χ0n) is 13.3. The Bertz CT molecular complexity index is 264. The van der Waals surface area contributed by atoms with Gasteiger partial charge >= 0.3 is 0 Å². The Morgan fingerprint density at radius 1 is 1.11 bits per heavy atom. The second-order valence-electron chi connectivity index (χ2n) is 7.29. The lowest BCUT2D eigenvalue weighted by Gasteiger charge is -2.41. The van der Waals surface area contributed by atoms with E-state index in [1.807, 2.05) is 0 Å². The SMILES string of the molecule is CCC1CCC(N)C(N2CCCC(C(C)C)CC2)C1. The molecular weight excluding hydrogens is 232 g/mol. The highest BCUT2D eigenvalue weighted by Crippen LogP contribution is 2.32. The van der Waals surface area contributed by atoms with Gasteiger partial charge in [-0.05, 0) is 69.4 Å². The lowest BCUT2D eigenvalue weighted by atomic mass is 9.80. The third-order valence-corrected chi connectivity index (χ3v) is 5.77. The largest absolute Gasteiger partial charge is 0.326 e. The Kier molecular flexibility index (Phi) is 5.70. The van der Waals surface area contributed by atoms with Gasteiger partial charge < -0.3 is 5.73 Å². The van der Waals surface area contributed by atoms with Crippen molar-refractivity contribution in [1.82, 2.24) is 4.90 Å². The molecule has 0 radical (unpaired) electrons. The highest BCUT2D eigenvalue weighted by atomic mass is 15.2. The highest BCUT2D eigenvalue weighted by Gasteiger charge is 2.32. The van der Waals surface area contributed by atoms with E-state index in [0.717, 1.165) is 17.8 Å². The number of rotatable bonds is 3. The van der Waals surface area contributed by atoms with Crippen molar-refractivity contribution in [2.75, 3.05) is 13.1 Å². The van der Waals surface area contributed by atoms with Crippen molar-refractivity contribution >= 4 is 0 Å². The van der Waals surface area contributed by atoms with E-state index in [1.54, 1.807) is 0 Å². The molecule has 2 heteroatoms. The zero-order chi connectivity index (χ0) is 13.8. The minimum atomic E-state index is 0.429. The predicted molar refractivity (Wildman–Crippen MR) is 83.1 cm³/mol. The van der Waals surface area contributed by atoms with E-state index in [0.29, 0.717) is 12.1 Å². The van der Waals surface area contributed by atoms with Gasteiger partial charge in [-0.15, -0.1) is 0 Å². The molecule has 4 unspecified atom stereocenters. The molecule has 19 heavy (non-hydrogen) atoms. The molecule has 0 aromatic rings.